The maximum atomic E-state index is 12.0. The van der Waals surface area contributed by atoms with Crippen molar-refractivity contribution in [2.75, 3.05) is 11.3 Å². The number of H-pyrrole nitrogens is 1. The molecule has 6 nitrogen and oxygen atoms in total. The van der Waals surface area contributed by atoms with Gasteiger partial charge in [0.15, 0.2) is 0 Å². The van der Waals surface area contributed by atoms with Crippen molar-refractivity contribution in [3.63, 3.8) is 0 Å². The van der Waals surface area contributed by atoms with Gasteiger partial charge in [-0.2, -0.15) is 0 Å². The summed E-state index contributed by atoms with van der Waals surface area (Å²) in [6.07, 6.45) is 2.82. The molecule has 1 aromatic heterocycles. The van der Waals surface area contributed by atoms with E-state index in [2.05, 4.69) is 9.71 Å². The van der Waals surface area contributed by atoms with E-state index >= 15 is 0 Å². The Kier molecular flexibility index (Phi) is 5.46. The monoisotopic (exact) mass is 354 g/mol. The second kappa shape index (κ2) is 7.34. The highest BCUT2D eigenvalue weighted by Gasteiger charge is 2.12. The second-order valence-electron chi connectivity index (χ2n) is 4.52. The van der Waals surface area contributed by atoms with Crippen molar-refractivity contribution in [1.82, 2.24) is 4.98 Å². The number of esters is 1. The molecular weight excluding hydrogens is 340 g/mol. The van der Waals surface area contributed by atoms with Gasteiger partial charge in [0.05, 0.1) is 17.7 Å². The van der Waals surface area contributed by atoms with E-state index in [1.165, 1.54) is 18.3 Å². The van der Waals surface area contributed by atoms with Crippen LogP contribution in [0.3, 0.4) is 0 Å². The molecule has 8 heteroatoms. The third-order valence-corrected chi connectivity index (χ3v) is 4.01. The molecule has 0 bridgehead atoms. The first-order valence-electron chi connectivity index (χ1n) is 6.71. The van der Waals surface area contributed by atoms with Crippen LogP contribution < -0.4 is 4.72 Å². The smallest absolute Gasteiger partial charge is 0.354 e. The predicted molar refractivity (Wildman–Crippen MR) is 89.8 cm³/mol. The Hall–Kier alpha value is -2.25. The first-order chi connectivity index (χ1) is 10.9. The molecule has 2 aromatic rings. The van der Waals surface area contributed by atoms with Gasteiger partial charge in [0, 0.05) is 11.2 Å². The molecule has 0 saturated carbocycles. The molecule has 0 amide bonds. The number of rotatable bonds is 6. The van der Waals surface area contributed by atoms with Crippen LogP contribution in [0.1, 0.15) is 23.0 Å². The Morgan fingerprint density at radius 3 is 2.70 bits per heavy atom. The number of anilines is 1. The minimum atomic E-state index is -3.70. The van der Waals surface area contributed by atoms with Crippen LogP contribution in [0, 0.1) is 0 Å². The molecular formula is C15H15ClN2O4S. The Labute approximate surface area is 139 Å². The van der Waals surface area contributed by atoms with E-state index in [0.29, 0.717) is 10.6 Å². The van der Waals surface area contributed by atoms with Gasteiger partial charge in [0.1, 0.15) is 5.69 Å². The van der Waals surface area contributed by atoms with E-state index in [9.17, 15) is 13.2 Å². The number of carbonyl (C=O) groups excluding carboxylic acids is 1. The zero-order valence-electron chi connectivity index (χ0n) is 12.2. The molecule has 0 aliphatic carbocycles. The highest BCUT2D eigenvalue weighted by Crippen LogP contribution is 2.15. The quantitative estimate of drug-likeness (QED) is 0.779. The molecule has 0 radical (unpaired) electrons. The summed E-state index contributed by atoms with van der Waals surface area (Å²) in [5.41, 5.74) is 1.11. The summed E-state index contributed by atoms with van der Waals surface area (Å²) in [5, 5.41) is 1.61. The van der Waals surface area contributed by atoms with Gasteiger partial charge in [-0.3, -0.25) is 4.72 Å². The average Bonchev–Trinajstić information content (AvgIpc) is 2.95. The number of sulfonamides is 1. The molecule has 0 fully saturated rings. The standard InChI is InChI=1S/C15H15ClN2O4S/c1-2-22-15(19)14-9-13(10-17-14)18-23(20,21)8-7-11-3-5-12(16)6-4-11/h3-10,17-18H,2H2,1H3. The molecule has 0 unspecified atom stereocenters. The third-order valence-electron chi connectivity index (χ3n) is 2.75. The van der Waals surface area contributed by atoms with Crippen LogP contribution in [0.2, 0.25) is 5.02 Å². The van der Waals surface area contributed by atoms with E-state index in [1.54, 1.807) is 31.2 Å². The summed E-state index contributed by atoms with van der Waals surface area (Å²) < 4.78 is 31.1. The topological polar surface area (TPSA) is 88.3 Å². The molecule has 1 heterocycles. The predicted octanol–water partition coefficient (Wildman–Crippen LogP) is 3.26. The molecule has 0 saturated heterocycles. The Bertz CT molecular complexity index is 810. The van der Waals surface area contributed by atoms with Gasteiger partial charge >= 0.3 is 5.97 Å². The van der Waals surface area contributed by atoms with Gasteiger partial charge in [-0.1, -0.05) is 23.7 Å². The molecule has 0 atom stereocenters. The van der Waals surface area contributed by atoms with Crippen LogP contribution in [0.5, 0.6) is 0 Å². The number of benzene rings is 1. The molecule has 0 aliphatic rings. The summed E-state index contributed by atoms with van der Waals surface area (Å²) in [4.78, 5) is 14.2. The largest absolute Gasteiger partial charge is 0.461 e. The molecule has 0 spiro atoms. The van der Waals surface area contributed by atoms with Crippen LogP contribution in [0.25, 0.3) is 6.08 Å². The van der Waals surface area contributed by atoms with E-state index in [0.717, 1.165) is 5.41 Å². The molecule has 122 valence electrons. The first-order valence-corrected chi connectivity index (χ1v) is 8.64. The number of carbonyl (C=O) groups is 1. The number of halogens is 1. The SMILES string of the molecule is CCOC(=O)c1cc(NS(=O)(=O)C=Cc2ccc(Cl)cc2)c[nH]1. The number of aromatic amines is 1. The van der Waals surface area contributed by atoms with Crippen molar-refractivity contribution < 1.29 is 17.9 Å². The minimum Gasteiger partial charge on any atom is -0.461 e. The van der Waals surface area contributed by atoms with Crippen LogP contribution >= 0.6 is 11.6 Å². The molecule has 23 heavy (non-hydrogen) atoms. The van der Waals surface area contributed by atoms with Crippen molar-refractivity contribution in [3.05, 3.63) is 58.2 Å². The maximum Gasteiger partial charge on any atom is 0.354 e. The van der Waals surface area contributed by atoms with E-state index in [4.69, 9.17) is 16.3 Å². The van der Waals surface area contributed by atoms with E-state index in [1.807, 2.05) is 0 Å². The highest BCUT2D eigenvalue weighted by molar-refractivity contribution is 7.95. The average molecular weight is 355 g/mol. The van der Waals surface area contributed by atoms with Crippen molar-refractivity contribution >= 4 is 39.4 Å². The summed E-state index contributed by atoms with van der Waals surface area (Å²) in [7, 11) is -3.70. The van der Waals surface area contributed by atoms with Crippen molar-refractivity contribution in [1.29, 1.82) is 0 Å². The Morgan fingerprint density at radius 1 is 1.35 bits per heavy atom. The van der Waals surface area contributed by atoms with Crippen LogP contribution in [0.15, 0.2) is 41.9 Å². The van der Waals surface area contributed by atoms with E-state index in [-0.39, 0.29) is 18.0 Å². The normalized spacial score (nSPS) is 11.6. The number of hydrogen-bond donors (Lipinski definition) is 2. The molecule has 1 aromatic carbocycles. The fourth-order valence-corrected chi connectivity index (χ4v) is 2.70. The lowest BCUT2D eigenvalue weighted by Gasteiger charge is -2.01. The van der Waals surface area contributed by atoms with Crippen molar-refractivity contribution in [3.8, 4) is 0 Å². The number of hydrogen-bond acceptors (Lipinski definition) is 4. The first kappa shape index (κ1) is 17.1. The highest BCUT2D eigenvalue weighted by atomic mass is 35.5. The minimum absolute atomic E-state index is 0.172. The lowest BCUT2D eigenvalue weighted by Crippen LogP contribution is -2.08. The van der Waals surface area contributed by atoms with Crippen molar-refractivity contribution in [2.24, 2.45) is 0 Å². The van der Waals surface area contributed by atoms with Crippen LogP contribution in [-0.4, -0.2) is 26.0 Å². The fourth-order valence-electron chi connectivity index (χ4n) is 1.72. The van der Waals surface area contributed by atoms with Gasteiger partial charge in [0.2, 0.25) is 0 Å². The zero-order chi connectivity index (χ0) is 16.9. The van der Waals surface area contributed by atoms with Gasteiger partial charge in [-0.15, -0.1) is 0 Å². The van der Waals surface area contributed by atoms with Crippen LogP contribution in [-0.2, 0) is 14.8 Å². The number of ether oxygens (including phenoxy) is 1. The molecule has 2 rings (SSSR count). The van der Waals surface area contributed by atoms with Gasteiger partial charge in [-0.05, 0) is 36.8 Å². The van der Waals surface area contributed by atoms with Crippen molar-refractivity contribution in [2.45, 2.75) is 6.92 Å². The number of aromatic nitrogens is 1. The Morgan fingerprint density at radius 2 is 2.04 bits per heavy atom. The van der Waals surface area contributed by atoms with Gasteiger partial charge in [-0.25, -0.2) is 13.2 Å². The van der Waals surface area contributed by atoms with Gasteiger partial charge in [0.25, 0.3) is 10.0 Å². The fraction of sp³-hybridized carbons (Fsp3) is 0.133. The number of nitrogens with one attached hydrogen (secondary N) is 2. The summed E-state index contributed by atoms with van der Waals surface area (Å²) >= 11 is 5.76. The van der Waals surface area contributed by atoms with E-state index < -0.39 is 16.0 Å². The summed E-state index contributed by atoms with van der Waals surface area (Å²) in [6, 6.07) is 8.09. The molecule has 0 aliphatic heterocycles. The Balaban J connectivity index is 2.06. The lowest BCUT2D eigenvalue weighted by atomic mass is 10.2. The zero-order valence-corrected chi connectivity index (χ0v) is 13.8. The third kappa shape index (κ3) is 5.15. The maximum absolute atomic E-state index is 12.0. The summed E-state index contributed by atoms with van der Waals surface area (Å²) in [6.45, 7) is 1.93. The second-order valence-corrected chi connectivity index (χ2v) is 6.53. The van der Waals surface area contributed by atoms with Gasteiger partial charge < -0.3 is 9.72 Å². The lowest BCUT2D eigenvalue weighted by molar-refractivity contribution is 0.0520. The summed E-state index contributed by atoms with van der Waals surface area (Å²) in [5.74, 6) is -0.547. The van der Waals surface area contributed by atoms with Crippen LogP contribution in [0.4, 0.5) is 5.69 Å². The molecule has 2 N–H and O–H groups in total.